The normalized spacial score (nSPS) is 23.6. The summed E-state index contributed by atoms with van der Waals surface area (Å²) in [4.78, 5) is 23.2. The van der Waals surface area contributed by atoms with Gasteiger partial charge in [-0.05, 0) is 31.6 Å². The Labute approximate surface area is 128 Å². The van der Waals surface area contributed by atoms with Crippen LogP contribution in [0.15, 0.2) is 17.3 Å². The molecule has 0 radical (unpaired) electrons. The fourth-order valence-electron chi connectivity index (χ4n) is 2.97. The molecule has 120 valence electrons. The molecule has 0 aromatic carbocycles. The molecule has 0 spiro atoms. The molecule has 1 heterocycles. The molecule has 0 bridgehead atoms. The zero-order chi connectivity index (χ0) is 15.9. The topological polar surface area (TPSA) is 112 Å². The Morgan fingerprint density at radius 1 is 1.41 bits per heavy atom. The van der Waals surface area contributed by atoms with E-state index in [1.165, 1.54) is 17.1 Å². The minimum absolute atomic E-state index is 0.109. The van der Waals surface area contributed by atoms with Crippen molar-refractivity contribution >= 4 is 21.5 Å². The summed E-state index contributed by atoms with van der Waals surface area (Å²) < 4.78 is 25.7. The lowest BCUT2D eigenvalue weighted by Gasteiger charge is -2.17. The van der Waals surface area contributed by atoms with Gasteiger partial charge in [0.2, 0.25) is 5.91 Å². The van der Waals surface area contributed by atoms with Gasteiger partial charge in [0.05, 0.1) is 11.4 Å². The third kappa shape index (κ3) is 2.92. The lowest BCUT2D eigenvalue weighted by molar-refractivity contribution is -0.122. The van der Waals surface area contributed by atoms with Crippen LogP contribution >= 0.6 is 0 Å². The van der Waals surface area contributed by atoms with Crippen LogP contribution in [0.1, 0.15) is 44.6 Å². The second-order valence-electron chi connectivity index (χ2n) is 6.20. The summed E-state index contributed by atoms with van der Waals surface area (Å²) >= 11 is 0. The highest BCUT2D eigenvalue weighted by atomic mass is 32.2. The van der Waals surface area contributed by atoms with E-state index < -0.39 is 21.8 Å². The Morgan fingerprint density at radius 2 is 2.14 bits per heavy atom. The number of carbonyl (C=O) groups is 2. The Morgan fingerprint density at radius 3 is 2.68 bits per heavy atom. The van der Waals surface area contributed by atoms with Gasteiger partial charge in [-0.2, -0.15) is 5.10 Å². The molecule has 3 rings (SSSR count). The number of hydrogen-bond acceptors (Lipinski definition) is 5. The van der Waals surface area contributed by atoms with Crippen molar-refractivity contribution in [2.75, 3.05) is 0 Å². The monoisotopic (exact) mass is 325 g/mol. The first-order chi connectivity index (χ1) is 10.4. The summed E-state index contributed by atoms with van der Waals surface area (Å²) in [6, 6.07) is -0.709. The van der Waals surface area contributed by atoms with Gasteiger partial charge >= 0.3 is 0 Å². The first-order valence-electron chi connectivity index (χ1n) is 7.47. The molecule has 2 N–H and O–H groups in total. The molecule has 1 amide bonds. The summed E-state index contributed by atoms with van der Waals surface area (Å²) in [6.45, 7) is 0. The molecule has 2 fully saturated rings. The molecule has 1 aromatic heterocycles. The highest BCUT2D eigenvalue weighted by Gasteiger charge is 2.38. The van der Waals surface area contributed by atoms with Crippen LogP contribution in [0.4, 0.5) is 0 Å². The van der Waals surface area contributed by atoms with Crippen LogP contribution in [0, 0.1) is 5.92 Å². The number of ketones is 1. The van der Waals surface area contributed by atoms with Gasteiger partial charge in [0.1, 0.15) is 16.7 Å². The lowest BCUT2D eigenvalue weighted by atomic mass is 9.98. The summed E-state index contributed by atoms with van der Waals surface area (Å²) in [5.74, 6) is -0.249. The Hall–Kier alpha value is -1.70. The van der Waals surface area contributed by atoms with Crippen molar-refractivity contribution in [3.05, 3.63) is 12.4 Å². The van der Waals surface area contributed by atoms with Crippen molar-refractivity contribution < 1.29 is 18.0 Å². The van der Waals surface area contributed by atoms with Crippen LogP contribution in [0.25, 0.3) is 0 Å². The zero-order valence-electron chi connectivity index (χ0n) is 12.1. The number of primary amides is 1. The van der Waals surface area contributed by atoms with Crippen LogP contribution < -0.4 is 5.73 Å². The number of nitrogens with zero attached hydrogens (tertiary/aromatic N) is 2. The van der Waals surface area contributed by atoms with Gasteiger partial charge in [0, 0.05) is 19.0 Å². The average molecular weight is 325 g/mol. The van der Waals surface area contributed by atoms with Crippen molar-refractivity contribution in [1.29, 1.82) is 0 Å². The molecule has 0 aliphatic heterocycles. The number of carbonyl (C=O) groups excluding carboxylic acids is 2. The van der Waals surface area contributed by atoms with E-state index in [2.05, 4.69) is 5.10 Å². The number of amides is 1. The van der Waals surface area contributed by atoms with Crippen LogP contribution in [0.5, 0.6) is 0 Å². The van der Waals surface area contributed by atoms with E-state index in [4.69, 9.17) is 5.73 Å². The highest BCUT2D eigenvalue weighted by Crippen LogP contribution is 2.34. The average Bonchev–Trinajstić information content (AvgIpc) is 3.06. The van der Waals surface area contributed by atoms with E-state index in [0.29, 0.717) is 32.1 Å². The summed E-state index contributed by atoms with van der Waals surface area (Å²) in [5.41, 5.74) is 5.44. The number of rotatable bonds is 6. The lowest BCUT2D eigenvalue weighted by Crippen LogP contribution is -2.28. The van der Waals surface area contributed by atoms with E-state index >= 15 is 0 Å². The number of sulfone groups is 1. The van der Waals surface area contributed by atoms with Gasteiger partial charge in [-0.3, -0.25) is 14.3 Å². The SMILES string of the molecule is NC(=O)[C@H](CC1CCC(=O)C1)n1cc(S(=O)(=O)C2CC2)cn1. The fraction of sp³-hybridized carbons (Fsp3) is 0.643. The highest BCUT2D eigenvalue weighted by molar-refractivity contribution is 7.92. The van der Waals surface area contributed by atoms with Crippen LogP contribution in [0.2, 0.25) is 0 Å². The van der Waals surface area contributed by atoms with Gasteiger partial charge in [-0.1, -0.05) is 0 Å². The van der Waals surface area contributed by atoms with Crippen molar-refractivity contribution in [3.8, 4) is 0 Å². The van der Waals surface area contributed by atoms with Crippen LogP contribution in [-0.4, -0.2) is 35.1 Å². The molecule has 8 heteroatoms. The summed E-state index contributed by atoms with van der Waals surface area (Å²) in [5, 5.41) is 3.71. The Balaban J connectivity index is 1.79. The van der Waals surface area contributed by atoms with Gasteiger partial charge in [0.25, 0.3) is 0 Å². The molecule has 2 aliphatic carbocycles. The number of hydrogen-bond donors (Lipinski definition) is 1. The predicted molar refractivity (Wildman–Crippen MR) is 77.6 cm³/mol. The van der Waals surface area contributed by atoms with Gasteiger partial charge in [-0.15, -0.1) is 0 Å². The third-order valence-corrected chi connectivity index (χ3v) is 6.64. The first-order valence-corrected chi connectivity index (χ1v) is 9.01. The Kier molecular flexibility index (Phi) is 3.80. The third-order valence-electron chi connectivity index (χ3n) is 4.42. The van der Waals surface area contributed by atoms with Crippen molar-refractivity contribution in [2.45, 2.75) is 54.7 Å². The molecule has 0 saturated heterocycles. The first kappa shape index (κ1) is 15.2. The second-order valence-corrected chi connectivity index (χ2v) is 8.43. The molecule has 7 nitrogen and oxygen atoms in total. The van der Waals surface area contributed by atoms with Gasteiger partial charge in [0.15, 0.2) is 9.84 Å². The zero-order valence-corrected chi connectivity index (χ0v) is 13.0. The van der Waals surface area contributed by atoms with Crippen LogP contribution in [-0.2, 0) is 19.4 Å². The molecular weight excluding hydrogens is 306 g/mol. The summed E-state index contributed by atoms with van der Waals surface area (Å²) in [6.07, 6.45) is 6.19. The van der Waals surface area contributed by atoms with Crippen molar-refractivity contribution in [1.82, 2.24) is 9.78 Å². The molecule has 22 heavy (non-hydrogen) atoms. The quantitative estimate of drug-likeness (QED) is 0.823. The number of nitrogens with two attached hydrogens (primary N) is 1. The second kappa shape index (κ2) is 5.49. The molecule has 2 saturated carbocycles. The Bertz CT molecular complexity index is 705. The number of Topliss-reactive ketones (excluding diaryl/α,β-unsaturated/α-hetero) is 1. The minimum Gasteiger partial charge on any atom is -0.368 e. The van der Waals surface area contributed by atoms with Crippen LogP contribution in [0.3, 0.4) is 0 Å². The fourth-order valence-corrected chi connectivity index (χ4v) is 4.56. The molecule has 1 unspecified atom stereocenters. The molecule has 2 atom stereocenters. The smallest absolute Gasteiger partial charge is 0.242 e. The molecular formula is C14H19N3O4S. The van der Waals surface area contributed by atoms with Gasteiger partial charge < -0.3 is 5.73 Å². The maximum Gasteiger partial charge on any atom is 0.242 e. The van der Waals surface area contributed by atoms with E-state index in [9.17, 15) is 18.0 Å². The van der Waals surface area contributed by atoms with Gasteiger partial charge in [-0.25, -0.2) is 8.42 Å². The molecule has 2 aliphatic rings. The maximum absolute atomic E-state index is 12.2. The van der Waals surface area contributed by atoms with Crippen molar-refractivity contribution in [3.63, 3.8) is 0 Å². The predicted octanol–water partition coefficient (Wildman–Crippen LogP) is 0.605. The van der Waals surface area contributed by atoms with E-state index in [0.717, 1.165) is 6.42 Å². The van der Waals surface area contributed by atoms with E-state index in [-0.39, 0.29) is 21.8 Å². The summed E-state index contributed by atoms with van der Waals surface area (Å²) in [7, 11) is -3.33. The van der Waals surface area contributed by atoms with Crippen molar-refractivity contribution in [2.24, 2.45) is 11.7 Å². The minimum atomic E-state index is -3.33. The maximum atomic E-state index is 12.2. The van der Waals surface area contributed by atoms with E-state index in [1.807, 2.05) is 0 Å². The largest absolute Gasteiger partial charge is 0.368 e. The molecule has 1 aromatic rings. The standard InChI is InChI=1S/C14H19N3O4S/c15-14(19)13(6-9-1-2-10(18)5-9)17-8-12(7-16-17)22(20,21)11-3-4-11/h7-9,11,13H,1-6H2,(H2,15,19)/t9?,13-/m0/s1. The van der Waals surface area contributed by atoms with E-state index in [1.54, 1.807) is 0 Å². The number of aromatic nitrogens is 2.